The number of amides is 4. The van der Waals surface area contributed by atoms with Crippen LogP contribution in [0.2, 0.25) is 0 Å². The lowest BCUT2D eigenvalue weighted by atomic mass is 10.0. The van der Waals surface area contributed by atoms with E-state index in [2.05, 4.69) is 15.7 Å². The minimum atomic E-state index is -0.665. The molecule has 0 saturated carbocycles. The predicted molar refractivity (Wildman–Crippen MR) is 111 cm³/mol. The van der Waals surface area contributed by atoms with E-state index in [4.69, 9.17) is 0 Å². The molecule has 3 aromatic rings. The Morgan fingerprint density at radius 2 is 2.00 bits per heavy atom. The van der Waals surface area contributed by atoms with Gasteiger partial charge < -0.3 is 10.2 Å². The van der Waals surface area contributed by atoms with Gasteiger partial charge in [-0.1, -0.05) is 0 Å². The van der Waals surface area contributed by atoms with E-state index in [1.54, 1.807) is 41.2 Å². The number of hydrogen-bond donors (Lipinski definition) is 2. The van der Waals surface area contributed by atoms with Crippen molar-refractivity contribution in [2.45, 2.75) is 25.4 Å². The van der Waals surface area contributed by atoms with Crippen LogP contribution in [0.5, 0.6) is 0 Å². The molecule has 1 aromatic heterocycles. The van der Waals surface area contributed by atoms with Crippen molar-refractivity contribution >= 4 is 40.2 Å². The first kappa shape index (κ1) is 19.0. The lowest BCUT2D eigenvalue weighted by Crippen LogP contribution is -2.52. The molecule has 2 N–H and O–H groups in total. The molecule has 1 unspecified atom stereocenters. The molecule has 5 rings (SSSR count). The Labute approximate surface area is 177 Å². The quantitative estimate of drug-likeness (QED) is 0.629. The predicted octanol–water partition coefficient (Wildman–Crippen LogP) is 1.59. The summed E-state index contributed by atoms with van der Waals surface area (Å²) in [6.07, 6.45) is 2.22. The monoisotopic (exact) mass is 417 g/mol. The van der Waals surface area contributed by atoms with Gasteiger partial charge in [-0.15, -0.1) is 0 Å². The number of carbonyl (C=O) groups excluding carboxylic acids is 4. The van der Waals surface area contributed by atoms with Crippen molar-refractivity contribution in [3.05, 3.63) is 59.3 Å². The summed E-state index contributed by atoms with van der Waals surface area (Å²) in [4.78, 5) is 50.5. The molecule has 2 aromatic carbocycles. The van der Waals surface area contributed by atoms with Crippen LogP contribution in [0.25, 0.3) is 10.9 Å². The molecular formula is C22H19N5O4. The van der Waals surface area contributed by atoms with Crippen molar-refractivity contribution in [3.63, 3.8) is 0 Å². The highest BCUT2D eigenvalue weighted by Crippen LogP contribution is 2.29. The smallest absolute Gasteiger partial charge is 0.255 e. The van der Waals surface area contributed by atoms with Gasteiger partial charge in [0.05, 0.1) is 11.7 Å². The SMILES string of the molecule is Cn1ncc2cc(C(=O)Nc3ccc4c(c3)CN(C3CCC(=O)NC3=O)C4=O)ccc21. The molecule has 3 heterocycles. The third-order valence-electron chi connectivity index (χ3n) is 5.79. The average Bonchev–Trinajstić information content (AvgIpc) is 3.27. The molecule has 9 heteroatoms. The summed E-state index contributed by atoms with van der Waals surface area (Å²) in [5.74, 6) is -1.28. The molecule has 1 atom stereocenters. The Balaban J connectivity index is 1.34. The molecule has 156 valence electrons. The number of benzene rings is 2. The summed E-state index contributed by atoms with van der Waals surface area (Å²) in [6, 6.07) is 9.77. The van der Waals surface area contributed by atoms with Crippen LogP contribution in [0.4, 0.5) is 5.69 Å². The topological polar surface area (TPSA) is 113 Å². The molecule has 0 radical (unpaired) electrons. The van der Waals surface area contributed by atoms with Gasteiger partial charge in [-0.05, 0) is 48.4 Å². The Morgan fingerprint density at radius 1 is 1.16 bits per heavy atom. The maximum Gasteiger partial charge on any atom is 0.255 e. The Morgan fingerprint density at radius 3 is 2.81 bits per heavy atom. The van der Waals surface area contributed by atoms with E-state index >= 15 is 0 Å². The van der Waals surface area contributed by atoms with E-state index in [0.29, 0.717) is 23.2 Å². The van der Waals surface area contributed by atoms with Crippen LogP contribution >= 0.6 is 0 Å². The molecule has 0 aliphatic carbocycles. The van der Waals surface area contributed by atoms with E-state index in [9.17, 15) is 19.2 Å². The highest BCUT2D eigenvalue weighted by atomic mass is 16.2. The number of aromatic nitrogens is 2. The van der Waals surface area contributed by atoms with Crippen LogP contribution in [0.1, 0.15) is 39.1 Å². The first-order valence-electron chi connectivity index (χ1n) is 9.91. The van der Waals surface area contributed by atoms with Gasteiger partial charge in [-0.3, -0.25) is 29.2 Å². The van der Waals surface area contributed by atoms with Gasteiger partial charge in [0.2, 0.25) is 11.8 Å². The highest BCUT2D eigenvalue weighted by molar-refractivity contribution is 6.08. The third kappa shape index (κ3) is 3.24. The molecule has 2 aliphatic rings. The van der Waals surface area contributed by atoms with Crippen molar-refractivity contribution in [3.8, 4) is 0 Å². The second kappa shape index (κ2) is 7.05. The average molecular weight is 417 g/mol. The van der Waals surface area contributed by atoms with Crippen LogP contribution in [-0.2, 0) is 23.2 Å². The van der Waals surface area contributed by atoms with E-state index in [1.807, 2.05) is 13.1 Å². The largest absolute Gasteiger partial charge is 0.322 e. The molecule has 2 aliphatic heterocycles. The van der Waals surface area contributed by atoms with Crippen molar-refractivity contribution in [1.82, 2.24) is 20.0 Å². The van der Waals surface area contributed by atoms with Crippen molar-refractivity contribution < 1.29 is 19.2 Å². The second-order valence-electron chi connectivity index (χ2n) is 7.77. The fourth-order valence-electron chi connectivity index (χ4n) is 4.16. The number of aryl methyl sites for hydroxylation is 1. The normalized spacial score (nSPS) is 18.3. The molecule has 9 nitrogen and oxygen atoms in total. The number of rotatable bonds is 3. The van der Waals surface area contributed by atoms with Crippen LogP contribution in [0.3, 0.4) is 0 Å². The zero-order chi connectivity index (χ0) is 21.7. The lowest BCUT2D eigenvalue weighted by molar-refractivity contribution is -0.136. The summed E-state index contributed by atoms with van der Waals surface area (Å²) in [6.45, 7) is 0.256. The van der Waals surface area contributed by atoms with Gasteiger partial charge in [-0.25, -0.2) is 0 Å². The van der Waals surface area contributed by atoms with E-state index in [-0.39, 0.29) is 30.7 Å². The molecular weight excluding hydrogens is 398 g/mol. The van der Waals surface area contributed by atoms with Gasteiger partial charge in [0.15, 0.2) is 0 Å². The summed E-state index contributed by atoms with van der Waals surface area (Å²) in [5.41, 5.74) is 3.23. The van der Waals surface area contributed by atoms with Crippen molar-refractivity contribution in [2.24, 2.45) is 7.05 Å². The highest BCUT2D eigenvalue weighted by Gasteiger charge is 2.39. The number of nitrogens with one attached hydrogen (secondary N) is 2. The number of piperidine rings is 1. The van der Waals surface area contributed by atoms with E-state index in [0.717, 1.165) is 16.5 Å². The van der Waals surface area contributed by atoms with Gasteiger partial charge >= 0.3 is 0 Å². The van der Waals surface area contributed by atoms with Gasteiger partial charge in [0, 0.05) is 42.2 Å². The first-order chi connectivity index (χ1) is 14.9. The number of imide groups is 1. The van der Waals surface area contributed by atoms with Gasteiger partial charge in [0.25, 0.3) is 11.8 Å². The number of hydrogen-bond acceptors (Lipinski definition) is 5. The Hall–Kier alpha value is -4.01. The number of carbonyl (C=O) groups is 4. The summed E-state index contributed by atoms with van der Waals surface area (Å²) >= 11 is 0. The standard InChI is InChI=1S/C22H19N5O4/c1-26-17-5-2-12(8-13(17)10-23-26)20(29)24-15-3-4-16-14(9-15)11-27(22(16)31)18-6-7-19(28)25-21(18)30/h2-5,8-10,18H,6-7,11H2,1H3,(H,24,29)(H,25,28,30). The fraction of sp³-hybridized carbons (Fsp3) is 0.227. The Kier molecular flexibility index (Phi) is 4.32. The van der Waals surface area contributed by atoms with Crippen molar-refractivity contribution in [1.29, 1.82) is 0 Å². The molecule has 4 amide bonds. The summed E-state index contributed by atoms with van der Waals surface area (Å²) < 4.78 is 1.74. The number of anilines is 1. The molecule has 31 heavy (non-hydrogen) atoms. The fourth-order valence-corrected chi connectivity index (χ4v) is 4.16. The number of nitrogens with zero attached hydrogens (tertiary/aromatic N) is 3. The summed E-state index contributed by atoms with van der Waals surface area (Å²) in [7, 11) is 1.84. The second-order valence-corrected chi connectivity index (χ2v) is 7.77. The molecule has 0 bridgehead atoms. The number of fused-ring (bicyclic) bond motifs is 2. The maximum atomic E-state index is 12.8. The molecule has 1 fully saturated rings. The van der Waals surface area contributed by atoms with Crippen molar-refractivity contribution in [2.75, 3.05) is 5.32 Å². The molecule has 1 saturated heterocycles. The van der Waals surface area contributed by atoms with Gasteiger partial charge in [-0.2, -0.15) is 5.10 Å². The zero-order valence-electron chi connectivity index (χ0n) is 16.7. The minimum Gasteiger partial charge on any atom is -0.322 e. The summed E-state index contributed by atoms with van der Waals surface area (Å²) in [5, 5.41) is 10.2. The molecule has 0 spiro atoms. The lowest BCUT2D eigenvalue weighted by Gasteiger charge is -2.29. The van der Waals surface area contributed by atoms with Gasteiger partial charge in [0.1, 0.15) is 6.04 Å². The third-order valence-corrected chi connectivity index (χ3v) is 5.79. The zero-order valence-corrected chi connectivity index (χ0v) is 16.7. The van der Waals surface area contributed by atoms with E-state index < -0.39 is 11.9 Å². The van der Waals surface area contributed by atoms with Crippen LogP contribution in [-0.4, -0.2) is 44.4 Å². The van der Waals surface area contributed by atoms with Crippen LogP contribution in [0.15, 0.2) is 42.6 Å². The van der Waals surface area contributed by atoms with Crippen LogP contribution < -0.4 is 10.6 Å². The maximum absolute atomic E-state index is 12.8. The minimum absolute atomic E-state index is 0.207. The van der Waals surface area contributed by atoms with Crippen LogP contribution in [0, 0.1) is 0 Å². The Bertz CT molecular complexity index is 1280. The van der Waals surface area contributed by atoms with E-state index in [1.165, 1.54) is 4.90 Å². The first-order valence-corrected chi connectivity index (χ1v) is 9.91.